The van der Waals surface area contributed by atoms with Gasteiger partial charge >= 0.3 is 0 Å². The normalized spacial score (nSPS) is 14.8. The molecule has 5 nitrogen and oxygen atoms in total. The topological polar surface area (TPSA) is 45.8 Å². The molecular weight excluding hydrogens is 374 g/mol. The number of nitrogens with one attached hydrogen (secondary N) is 2. The van der Waals surface area contributed by atoms with Gasteiger partial charge in [-0.2, -0.15) is 0 Å². The molecule has 1 fully saturated rings. The van der Waals surface area contributed by atoms with Gasteiger partial charge in [0.1, 0.15) is 6.61 Å². The van der Waals surface area contributed by atoms with Gasteiger partial charge in [-0.25, -0.2) is 0 Å². The van der Waals surface area contributed by atoms with Crippen LogP contribution in [0.4, 0.5) is 0 Å². The minimum absolute atomic E-state index is 0.486. The average Bonchev–Trinajstić information content (AvgIpc) is 2.73. The number of piperazine rings is 1. The van der Waals surface area contributed by atoms with Gasteiger partial charge in [-0.1, -0.05) is 29.8 Å². The quantitative estimate of drug-likeness (QED) is 0.596. The van der Waals surface area contributed by atoms with Crippen LogP contribution in [0.2, 0.25) is 5.02 Å². The predicted octanol–water partition coefficient (Wildman–Crippen LogP) is 3.31. The van der Waals surface area contributed by atoms with Crippen LogP contribution in [-0.4, -0.2) is 50.8 Å². The zero-order valence-corrected chi connectivity index (χ0v) is 17.3. The SMILES string of the molecule is CCOc1cc(CNCCN2CCNCC2)ccc1OCc1ccc(Cl)cc1. The summed E-state index contributed by atoms with van der Waals surface area (Å²) in [7, 11) is 0. The number of nitrogens with zero attached hydrogens (tertiary/aromatic N) is 1. The highest BCUT2D eigenvalue weighted by atomic mass is 35.5. The van der Waals surface area contributed by atoms with Crippen LogP contribution in [-0.2, 0) is 13.2 Å². The Hall–Kier alpha value is -1.79. The molecule has 0 aromatic heterocycles. The van der Waals surface area contributed by atoms with Gasteiger partial charge in [-0.15, -0.1) is 0 Å². The Morgan fingerprint density at radius 3 is 2.50 bits per heavy atom. The fourth-order valence-electron chi connectivity index (χ4n) is 3.20. The fraction of sp³-hybridized carbons (Fsp3) is 0.455. The number of hydrogen-bond acceptors (Lipinski definition) is 5. The van der Waals surface area contributed by atoms with Crippen molar-refractivity contribution in [2.24, 2.45) is 0 Å². The van der Waals surface area contributed by atoms with Crippen LogP contribution in [0.1, 0.15) is 18.1 Å². The molecule has 0 unspecified atom stereocenters. The maximum absolute atomic E-state index is 5.97. The van der Waals surface area contributed by atoms with E-state index in [-0.39, 0.29) is 0 Å². The van der Waals surface area contributed by atoms with E-state index in [9.17, 15) is 0 Å². The predicted molar refractivity (Wildman–Crippen MR) is 114 cm³/mol. The molecular formula is C22H30ClN3O2. The van der Waals surface area contributed by atoms with Gasteiger partial charge in [-0.05, 0) is 42.3 Å². The third-order valence-electron chi connectivity index (χ3n) is 4.76. The number of halogens is 1. The molecule has 2 N–H and O–H groups in total. The Balaban J connectivity index is 1.50. The lowest BCUT2D eigenvalue weighted by molar-refractivity contribution is 0.241. The Bertz CT molecular complexity index is 718. The monoisotopic (exact) mass is 403 g/mol. The van der Waals surface area contributed by atoms with Crippen molar-refractivity contribution in [2.75, 3.05) is 45.9 Å². The van der Waals surface area contributed by atoms with Crippen molar-refractivity contribution >= 4 is 11.6 Å². The summed E-state index contributed by atoms with van der Waals surface area (Å²) in [5.74, 6) is 1.55. The lowest BCUT2D eigenvalue weighted by Crippen LogP contribution is -2.45. The molecule has 152 valence electrons. The zero-order valence-electron chi connectivity index (χ0n) is 16.5. The summed E-state index contributed by atoms with van der Waals surface area (Å²) < 4.78 is 11.8. The largest absolute Gasteiger partial charge is 0.490 e. The molecule has 2 aromatic rings. The Morgan fingerprint density at radius 2 is 1.75 bits per heavy atom. The summed E-state index contributed by atoms with van der Waals surface area (Å²) >= 11 is 5.94. The van der Waals surface area contributed by atoms with E-state index in [1.54, 1.807) is 0 Å². The second-order valence-corrected chi connectivity index (χ2v) is 7.33. The van der Waals surface area contributed by atoms with E-state index in [1.807, 2.05) is 37.3 Å². The van der Waals surface area contributed by atoms with Gasteiger partial charge in [0.25, 0.3) is 0 Å². The number of ether oxygens (including phenoxy) is 2. The molecule has 0 bridgehead atoms. The lowest BCUT2D eigenvalue weighted by Gasteiger charge is -2.27. The van der Waals surface area contributed by atoms with Crippen LogP contribution >= 0.6 is 11.6 Å². The molecule has 0 atom stereocenters. The molecule has 28 heavy (non-hydrogen) atoms. The van der Waals surface area contributed by atoms with E-state index < -0.39 is 0 Å². The smallest absolute Gasteiger partial charge is 0.161 e. The molecule has 1 aliphatic rings. The third kappa shape index (κ3) is 6.67. The maximum Gasteiger partial charge on any atom is 0.161 e. The molecule has 0 radical (unpaired) electrons. The molecule has 0 spiro atoms. The minimum atomic E-state index is 0.486. The maximum atomic E-state index is 5.97. The van der Waals surface area contributed by atoms with Crippen LogP contribution in [0.5, 0.6) is 11.5 Å². The Morgan fingerprint density at radius 1 is 1.00 bits per heavy atom. The van der Waals surface area contributed by atoms with Gasteiger partial charge in [0, 0.05) is 50.8 Å². The van der Waals surface area contributed by atoms with E-state index in [0.29, 0.717) is 13.2 Å². The molecule has 1 saturated heterocycles. The van der Waals surface area contributed by atoms with E-state index >= 15 is 0 Å². The molecule has 3 rings (SSSR count). The molecule has 6 heteroatoms. The Labute approximate surface area is 173 Å². The highest BCUT2D eigenvalue weighted by molar-refractivity contribution is 6.30. The van der Waals surface area contributed by atoms with Crippen molar-refractivity contribution in [3.05, 3.63) is 58.6 Å². The van der Waals surface area contributed by atoms with Crippen LogP contribution in [0, 0.1) is 0 Å². The highest BCUT2D eigenvalue weighted by Crippen LogP contribution is 2.29. The van der Waals surface area contributed by atoms with E-state index in [4.69, 9.17) is 21.1 Å². The lowest BCUT2D eigenvalue weighted by atomic mass is 10.2. The van der Waals surface area contributed by atoms with E-state index in [0.717, 1.165) is 67.9 Å². The van der Waals surface area contributed by atoms with Crippen LogP contribution in [0.15, 0.2) is 42.5 Å². The van der Waals surface area contributed by atoms with Crippen LogP contribution in [0.25, 0.3) is 0 Å². The highest BCUT2D eigenvalue weighted by Gasteiger charge is 2.09. The van der Waals surface area contributed by atoms with Gasteiger partial charge in [0.15, 0.2) is 11.5 Å². The van der Waals surface area contributed by atoms with Crippen molar-refractivity contribution in [3.63, 3.8) is 0 Å². The van der Waals surface area contributed by atoms with Gasteiger partial charge in [0.05, 0.1) is 6.61 Å². The molecule has 1 heterocycles. The second-order valence-electron chi connectivity index (χ2n) is 6.90. The number of benzene rings is 2. The zero-order chi connectivity index (χ0) is 19.6. The van der Waals surface area contributed by atoms with Gasteiger partial charge < -0.3 is 20.1 Å². The van der Waals surface area contributed by atoms with Gasteiger partial charge in [0.2, 0.25) is 0 Å². The van der Waals surface area contributed by atoms with Crippen molar-refractivity contribution < 1.29 is 9.47 Å². The standard InChI is InChI=1S/C22H30ClN3O2/c1-2-27-22-15-19(16-25-11-14-26-12-9-24-10-13-26)5-8-21(22)28-17-18-3-6-20(23)7-4-18/h3-8,15,24-25H,2,9-14,16-17H2,1H3. The van der Waals surface area contributed by atoms with Crippen molar-refractivity contribution in [3.8, 4) is 11.5 Å². The first-order valence-corrected chi connectivity index (χ1v) is 10.4. The van der Waals surface area contributed by atoms with E-state index in [1.165, 1.54) is 5.56 Å². The third-order valence-corrected chi connectivity index (χ3v) is 5.01. The number of rotatable bonds is 10. The molecule has 0 amide bonds. The fourth-order valence-corrected chi connectivity index (χ4v) is 3.32. The Kier molecular flexibility index (Phi) is 8.42. The van der Waals surface area contributed by atoms with Crippen molar-refractivity contribution in [1.29, 1.82) is 0 Å². The van der Waals surface area contributed by atoms with Gasteiger partial charge in [-0.3, -0.25) is 4.90 Å². The van der Waals surface area contributed by atoms with Crippen LogP contribution < -0.4 is 20.1 Å². The average molecular weight is 404 g/mol. The first-order valence-electron chi connectivity index (χ1n) is 10.0. The second kappa shape index (κ2) is 11.3. The molecule has 1 aliphatic heterocycles. The van der Waals surface area contributed by atoms with E-state index in [2.05, 4.69) is 27.7 Å². The summed E-state index contributed by atoms with van der Waals surface area (Å²) in [6.45, 7) is 10.4. The summed E-state index contributed by atoms with van der Waals surface area (Å²) in [5, 5.41) is 7.64. The summed E-state index contributed by atoms with van der Waals surface area (Å²) in [4.78, 5) is 2.49. The van der Waals surface area contributed by atoms with Crippen LogP contribution in [0.3, 0.4) is 0 Å². The summed E-state index contributed by atoms with van der Waals surface area (Å²) in [6, 6.07) is 13.8. The van der Waals surface area contributed by atoms with Crippen molar-refractivity contribution in [2.45, 2.75) is 20.1 Å². The molecule has 2 aromatic carbocycles. The first kappa shape index (κ1) is 20.9. The molecule has 0 aliphatic carbocycles. The first-order chi connectivity index (χ1) is 13.7. The molecule has 0 saturated carbocycles. The van der Waals surface area contributed by atoms with Crippen molar-refractivity contribution in [1.82, 2.24) is 15.5 Å². The summed E-state index contributed by atoms with van der Waals surface area (Å²) in [6.07, 6.45) is 0. The minimum Gasteiger partial charge on any atom is -0.490 e. The number of hydrogen-bond donors (Lipinski definition) is 2. The summed E-state index contributed by atoms with van der Waals surface area (Å²) in [5.41, 5.74) is 2.27.